The van der Waals surface area contributed by atoms with Crippen molar-refractivity contribution in [2.24, 2.45) is 0 Å². The Hall–Kier alpha value is -1.67. The summed E-state index contributed by atoms with van der Waals surface area (Å²) in [6.07, 6.45) is 0. The Balaban J connectivity index is 2.15. The summed E-state index contributed by atoms with van der Waals surface area (Å²) in [5, 5.41) is 4.13. The van der Waals surface area contributed by atoms with Crippen molar-refractivity contribution >= 4 is 17.3 Å². The van der Waals surface area contributed by atoms with Gasteiger partial charge in [0, 0.05) is 12.2 Å². The van der Waals surface area contributed by atoms with Gasteiger partial charge in [0.1, 0.15) is 5.75 Å². The van der Waals surface area contributed by atoms with Gasteiger partial charge in [-0.1, -0.05) is 35.4 Å². The molecule has 0 aliphatic heterocycles. The molecule has 0 radical (unpaired) electrons. The van der Waals surface area contributed by atoms with Crippen LogP contribution in [0, 0.1) is 20.8 Å². The Morgan fingerprint density at radius 3 is 2.25 bits per heavy atom. The Kier molecular flexibility index (Phi) is 4.56. The van der Waals surface area contributed by atoms with E-state index in [9.17, 15) is 0 Å². The van der Waals surface area contributed by atoms with E-state index in [0.29, 0.717) is 10.8 Å². The number of nitrogens with one attached hydrogen (secondary N) is 1. The van der Waals surface area contributed by atoms with Crippen LogP contribution >= 0.6 is 11.6 Å². The fourth-order valence-electron chi connectivity index (χ4n) is 2.47. The van der Waals surface area contributed by atoms with Crippen molar-refractivity contribution in [2.45, 2.75) is 27.3 Å². The Labute approximate surface area is 125 Å². The van der Waals surface area contributed by atoms with Crippen molar-refractivity contribution < 1.29 is 4.74 Å². The second kappa shape index (κ2) is 6.19. The molecule has 3 heteroatoms. The van der Waals surface area contributed by atoms with Gasteiger partial charge >= 0.3 is 0 Å². The van der Waals surface area contributed by atoms with Crippen LogP contribution in [0.4, 0.5) is 5.69 Å². The maximum Gasteiger partial charge on any atom is 0.137 e. The van der Waals surface area contributed by atoms with Gasteiger partial charge < -0.3 is 10.1 Å². The van der Waals surface area contributed by atoms with Gasteiger partial charge in [-0.25, -0.2) is 0 Å². The molecule has 2 aromatic rings. The fraction of sp³-hybridized carbons (Fsp3) is 0.294. The number of benzene rings is 2. The summed E-state index contributed by atoms with van der Waals surface area (Å²) in [6.45, 7) is 7.12. The second-order valence-electron chi connectivity index (χ2n) is 5.10. The zero-order chi connectivity index (χ0) is 14.7. The molecule has 106 valence electrons. The minimum atomic E-state index is 0.643. The summed E-state index contributed by atoms with van der Waals surface area (Å²) in [5.41, 5.74) is 6.15. The summed E-state index contributed by atoms with van der Waals surface area (Å²) in [4.78, 5) is 0. The van der Waals surface area contributed by atoms with E-state index in [1.165, 1.54) is 22.4 Å². The van der Waals surface area contributed by atoms with Crippen LogP contribution in [0.2, 0.25) is 5.02 Å². The molecule has 0 spiro atoms. The smallest absolute Gasteiger partial charge is 0.137 e. The lowest BCUT2D eigenvalue weighted by atomic mass is 10.0. The molecule has 0 fully saturated rings. The van der Waals surface area contributed by atoms with E-state index < -0.39 is 0 Å². The van der Waals surface area contributed by atoms with Crippen LogP contribution in [0.3, 0.4) is 0 Å². The van der Waals surface area contributed by atoms with E-state index in [1.54, 1.807) is 7.11 Å². The normalized spacial score (nSPS) is 10.4. The highest BCUT2D eigenvalue weighted by molar-refractivity contribution is 6.32. The van der Waals surface area contributed by atoms with Crippen LogP contribution < -0.4 is 10.1 Å². The second-order valence-corrected chi connectivity index (χ2v) is 5.50. The van der Waals surface area contributed by atoms with Gasteiger partial charge in [-0.15, -0.1) is 0 Å². The first kappa shape index (κ1) is 14.7. The molecule has 0 heterocycles. The van der Waals surface area contributed by atoms with Gasteiger partial charge in [0.15, 0.2) is 0 Å². The van der Waals surface area contributed by atoms with E-state index in [1.807, 2.05) is 18.2 Å². The van der Waals surface area contributed by atoms with Crippen LogP contribution in [0.15, 0.2) is 30.3 Å². The van der Waals surface area contributed by atoms with Gasteiger partial charge in [0.2, 0.25) is 0 Å². The van der Waals surface area contributed by atoms with Crippen molar-refractivity contribution in [3.63, 3.8) is 0 Å². The standard InChI is InChI=1S/C17H20ClNO/c1-11-7-12(2)17(13(3)8-11)19-10-14-5-6-16(20-4)15(18)9-14/h5-9,19H,10H2,1-4H3. The summed E-state index contributed by atoms with van der Waals surface area (Å²) in [7, 11) is 1.62. The molecule has 0 amide bonds. The zero-order valence-electron chi connectivity index (χ0n) is 12.4. The van der Waals surface area contributed by atoms with Crippen molar-refractivity contribution in [2.75, 3.05) is 12.4 Å². The monoisotopic (exact) mass is 289 g/mol. The number of aryl methyl sites for hydroxylation is 3. The number of ether oxygens (including phenoxy) is 1. The topological polar surface area (TPSA) is 21.3 Å². The molecule has 2 rings (SSSR count). The van der Waals surface area contributed by atoms with Gasteiger partial charge in [-0.3, -0.25) is 0 Å². The summed E-state index contributed by atoms with van der Waals surface area (Å²) in [5.74, 6) is 0.707. The van der Waals surface area contributed by atoms with E-state index in [0.717, 1.165) is 12.1 Å². The molecule has 1 N–H and O–H groups in total. The molecule has 0 bridgehead atoms. The third-order valence-corrected chi connectivity index (χ3v) is 3.66. The quantitative estimate of drug-likeness (QED) is 0.865. The molecule has 0 unspecified atom stereocenters. The van der Waals surface area contributed by atoms with E-state index in [2.05, 4.69) is 38.2 Å². The minimum absolute atomic E-state index is 0.643. The molecule has 0 saturated heterocycles. The lowest BCUT2D eigenvalue weighted by Crippen LogP contribution is -2.03. The third kappa shape index (κ3) is 3.26. The number of halogens is 1. The largest absolute Gasteiger partial charge is 0.495 e. The molecule has 2 nitrogen and oxygen atoms in total. The first-order chi connectivity index (χ1) is 9.51. The maximum absolute atomic E-state index is 6.14. The average molecular weight is 290 g/mol. The van der Waals surface area contributed by atoms with Crippen molar-refractivity contribution in [1.82, 2.24) is 0 Å². The SMILES string of the molecule is COc1ccc(CNc2c(C)cc(C)cc2C)cc1Cl. The van der Waals surface area contributed by atoms with Gasteiger partial charge in [0.05, 0.1) is 12.1 Å². The molecule has 0 atom stereocenters. The van der Waals surface area contributed by atoms with Crippen LogP contribution in [0.5, 0.6) is 5.75 Å². The minimum Gasteiger partial charge on any atom is -0.495 e. The van der Waals surface area contributed by atoms with Gasteiger partial charge in [-0.2, -0.15) is 0 Å². The highest BCUT2D eigenvalue weighted by Crippen LogP contribution is 2.26. The highest BCUT2D eigenvalue weighted by atomic mass is 35.5. The Bertz CT molecular complexity index is 599. The number of hydrogen-bond acceptors (Lipinski definition) is 2. The Morgan fingerprint density at radius 2 is 1.70 bits per heavy atom. The Morgan fingerprint density at radius 1 is 1.05 bits per heavy atom. The van der Waals surface area contributed by atoms with E-state index >= 15 is 0 Å². The van der Waals surface area contributed by atoms with Crippen molar-refractivity contribution in [1.29, 1.82) is 0 Å². The molecular formula is C17H20ClNO. The highest BCUT2D eigenvalue weighted by Gasteiger charge is 2.05. The predicted molar refractivity (Wildman–Crippen MR) is 86.0 cm³/mol. The maximum atomic E-state index is 6.14. The average Bonchev–Trinajstić information content (AvgIpc) is 2.37. The fourth-order valence-corrected chi connectivity index (χ4v) is 2.75. The predicted octanol–water partition coefficient (Wildman–Crippen LogP) is 4.89. The summed E-state index contributed by atoms with van der Waals surface area (Å²) < 4.78 is 5.16. The van der Waals surface area contributed by atoms with E-state index in [4.69, 9.17) is 16.3 Å². The van der Waals surface area contributed by atoms with Crippen molar-refractivity contribution in [3.8, 4) is 5.75 Å². The number of hydrogen-bond donors (Lipinski definition) is 1. The zero-order valence-corrected chi connectivity index (χ0v) is 13.1. The summed E-state index contributed by atoms with van der Waals surface area (Å²) in [6, 6.07) is 10.2. The number of anilines is 1. The molecule has 0 aliphatic carbocycles. The first-order valence-corrected chi connectivity index (χ1v) is 7.03. The number of rotatable bonds is 4. The molecule has 0 aliphatic rings. The molecule has 0 saturated carbocycles. The van der Waals surface area contributed by atoms with Gasteiger partial charge in [-0.05, 0) is 49.6 Å². The van der Waals surface area contributed by atoms with Gasteiger partial charge in [0.25, 0.3) is 0 Å². The van der Waals surface area contributed by atoms with Crippen LogP contribution in [0.25, 0.3) is 0 Å². The summed E-state index contributed by atoms with van der Waals surface area (Å²) >= 11 is 6.14. The number of methoxy groups -OCH3 is 1. The third-order valence-electron chi connectivity index (χ3n) is 3.36. The molecule has 20 heavy (non-hydrogen) atoms. The molecule has 2 aromatic carbocycles. The lowest BCUT2D eigenvalue weighted by molar-refractivity contribution is 0.415. The van der Waals surface area contributed by atoms with Crippen LogP contribution in [0.1, 0.15) is 22.3 Å². The van der Waals surface area contributed by atoms with Crippen LogP contribution in [-0.4, -0.2) is 7.11 Å². The lowest BCUT2D eigenvalue weighted by Gasteiger charge is -2.14. The molecule has 0 aromatic heterocycles. The first-order valence-electron chi connectivity index (χ1n) is 6.65. The van der Waals surface area contributed by atoms with Crippen molar-refractivity contribution in [3.05, 3.63) is 57.6 Å². The van der Waals surface area contributed by atoms with E-state index in [-0.39, 0.29) is 0 Å². The molecular weight excluding hydrogens is 270 g/mol. The van der Waals surface area contributed by atoms with Crippen LogP contribution in [-0.2, 0) is 6.54 Å².